The van der Waals surface area contributed by atoms with Gasteiger partial charge in [-0.15, -0.1) is 11.3 Å². The minimum absolute atomic E-state index is 0.209. The van der Waals surface area contributed by atoms with E-state index in [1.807, 2.05) is 17.5 Å². The number of nitrogens with one attached hydrogen (secondary N) is 1. The van der Waals surface area contributed by atoms with E-state index in [0.29, 0.717) is 10.8 Å². The fourth-order valence-corrected chi connectivity index (χ4v) is 3.02. The highest BCUT2D eigenvalue weighted by atomic mass is 32.1. The van der Waals surface area contributed by atoms with Crippen molar-refractivity contribution in [1.29, 1.82) is 0 Å². The second-order valence-electron chi connectivity index (χ2n) is 5.58. The van der Waals surface area contributed by atoms with Gasteiger partial charge >= 0.3 is 0 Å². The Hall–Kier alpha value is -2.92. The van der Waals surface area contributed by atoms with E-state index in [-0.39, 0.29) is 5.91 Å². The summed E-state index contributed by atoms with van der Waals surface area (Å²) in [6.07, 6.45) is 4.24. The summed E-state index contributed by atoms with van der Waals surface area (Å²) in [7, 11) is 0. The van der Waals surface area contributed by atoms with Crippen LogP contribution in [0, 0.1) is 0 Å². The first-order valence-electron chi connectivity index (χ1n) is 8.03. The Bertz CT molecular complexity index is 880. The summed E-state index contributed by atoms with van der Waals surface area (Å²) in [6, 6.07) is 15.6. The van der Waals surface area contributed by atoms with Crippen molar-refractivity contribution in [2.45, 2.75) is 13.3 Å². The molecule has 0 unspecified atom stereocenters. The van der Waals surface area contributed by atoms with Gasteiger partial charge in [0.15, 0.2) is 5.13 Å². The van der Waals surface area contributed by atoms with Crippen LogP contribution < -0.4 is 11.1 Å². The van der Waals surface area contributed by atoms with Gasteiger partial charge in [-0.2, -0.15) is 0 Å². The van der Waals surface area contributed by atoms with Gasteiger partial charge in [-0.05, 0) is 35.8 Å². The molecule has 126 valence electrons. The molecule has 0 bridgehead atoms. The zero-order valence-electron chi connectivity index (χ0n) is 13.9. The third kappa shape index (κ3) is 4.55. The molecule has 0 spiro atoms. The minimum atomic E-state index is -0.209. The molecule has 0 aliphatic heterocycles. The molecule has 0 aliphatic carbocycles. The van der Waals surface area contributed by atoms with Crippen LogP contribution in [0.15, 0.2) is 60.0 Å². The predicted molar refractivity (Wildman–Crippen MR) is 105 cm³/mol. The van der Waals surface area contributed by atoms with Crippen LogP contribution in [-0.4, -0.2) is 10.9 Å². The molecule has 0 atom stereocenters. The number of carbonyl (C=O) groups excluding carboxylic acids is 1. The standard InChI is InChI=1S/C20H19N3OS/c1-2-14-3-8-16(9-4-14)18-13-25-20(22-18)23-19(24)12-7-15-5-10-17(21)11-6-15/h3-13H,2,21H2,1H3,(H,22,23,24)/b12-7+. The summed E-state index contributed by atoms with van der Waals surface area (Å²) in [4.78, 5) is 16.5. The maximum Gasteiger partial charge on any atom is 0.250 e. The lowest BCUT2D eigenvalue weighted by molar-refractivity contribution is -0.111. The van der Waals surface area contributed by atoms with Crippen LogP contribution in [0.3, 0.4) is 0 Å². The Morgan fingerprint density at radius 1 is 1.16 bits per heavy atom. The predicted octanol–water partition coefficient (Wildman–Crippen LogP) is 4.61. The summed E-state index contributed by atoms with van der Waals surface area (Å²) < 4.78 is 0. The number of carbonyl (C=O) groups is 1. The van der Waals surface area contributed by atoms with Crippen molar-refractivity contribution in [3.05, 3.63) is 71.1 Å². The van der Waals surface area contributed by atoms with Gasteiger partial charge in [-0.1, -0.05) is 43.3 Å². The number of nitrogen functional groups attached to an aromatic ring is 1. The van der Waals surface area contributed by atoms with E-state index in [2.05, 4.69) is 41.5 Å². The zero-order chi connectivity index (χ0) is 17.6. The molecule has 3 N–H and O–H groups in total. The second kappa shape index (κ2) is 7.77. The van der Waals surface area contributed by atoms with Crippen LogP contribution in [0.25, 0.3) is 17.3 Å². The lowest BCUT2D eigenvalue weighted by Gasteiger charge is -1.99. The number of benzene rings is 2. The Kier molecular flexibility index (Phi) is 5.26. The third-order valence-electron chi connectivity index (χ3n) is 3.76. The minimum Gasteiger partial charge on any atom is -0.399 e. The highest BCUT2D eigenvalue weighted by molar-refractivity contribution is 7.14. The average Bonchev–Trinajstić information content (AvgIpc) is 3.10. The van der Waals surface area contributed by atoms with Crippen molar-refractivity contribution in [2.75, 3.05) is 11.1 Å². The Labute approximate surface area is 151 Å². The van der Waals surface area contributed by atoms with Crippen molar-refractivity contribution in [3.8, 4) is 11.3 Å². The van der Waals surface area contributed by atoms with Gasteiger partial charge in [-0.25, -0.2) is 4.98 Å². The van der Waals surface area contributed by atoms with Crippen LogP contribution in [-0.2, 0) is 11.2 Å². The van der Waals surface area contributed by atoms with Crippen molar-refractivity contribution >= 4 is 34.1 Å². The monoisotopic (exact) mass is 349 g/mol. The summed E-state index contributed by atoms with van der Waals surface area (Å²) in [6.45, 7) is 2.13. The number of aryl methyl sites for hydroxylation is 1. The maximum atomic E-state index is 12.0. The Morgan fingerprint density at radius 3 is 2.56 bits per heavy atom. The van der Waals surface area contributed by atoms with Crippen molar-refractivity contribution in [2.24, 2.45) is 0 Å². The molecule has 4 nitrogen and oxygen atoms in total. The van der Waals surface area contributed by atoms with Crippen LogP contribution in [0.2, 0.25) is 0 Å². The molecule has 0 saturated heterocycles. The molecule has 3 rings (SSSR count). The number of nitrogens with zero attached hydrogens (tertiary/aromatic N) is 1. The van der Waals surface area contributed by atoms with Gasteiger partial charge in [0.2, 0.25) is 5.91 Å². The number of rotatable bonds is 5. The molecule has 1 heterocycles. The fraction of sp³-hybridized carbons (Fsp3) is 0.100. The van der Waals surface area contributed by atoms with Crippen molar-refractivity contribution < 1.29 is 4.79 Å². The van der Waals surface area contributed by atoms with E-state index < -0.39 is 0 Å². The highest BCUT2D eigenvalue weighted by Crippen LogP contribution is 2.25. The molecular weight excluding hydrogens is 330 g/mol. The number of hydrogen-bond donors (Lipinski definition) is 2. The quantitative estimate of drug-likeness (QED) is 0.522. The Morgan fingerprint density at radius 2 is 1.88 bits per heavy atom. The molecule has 25 heavy (non-hydrogen) atoms. The summed E-state index contributed by atoms with van der Waals surface area (Å²) in [5.74, 6) is -0.209. The summed E-state index contributed by atoms with van der Waals surface area (Å²) >= 11 is 1.41. The summed E-state index contributed by atoms with van der Waals surface area (Å²) in [5, 5.41) is 5.32. The van der Waals surface area contributed by atoms with Crippen LogP contribution in [0.4, 0.5) is 10.8 Å². The topological polar surface area (TPSA) is 68.0 Å². The van der Waals surface area contributed by atoms with Gasteiger partial charge in [0.1, 0.15) is 0 Å². The molecular formula is C20H19N3OS. The molecule has 0 saturated carbocycles. The van der Waals surface area contributed by atoms with E-state index in [4.69, 9.17) is 5.73 Å². The van der Waals surface area contributed by atoms with Crippen LogP contribution >= 0.6 is 11.3 Å². The lowest BCUT2D eigenvalue weighted by atomic mass is 10.1. The third-order valence-corrected chi connectivity index (χ3v) is 4.51. The summed E-state index contributed by atoms with van der Waals surface area (Å²) in [5.41, 5.74) is 10.5. The fourth-order valence-electron chi connectivity index (χ4n) is 2.30. The van der Waals surface area contributed by atoms with E-state index in [1.54, 1.807) is 18.2 Å². The maximum absolute atomic E-state index is 12.0. The lowest BCUT2D eigenvalue weighted by Crippen LogP contribution is -2.07. The average molecular weight is 349 g/mol. The molecule has 3 aromatic rings. The van der Waals surface area contributed by atoms with Gasteiger partial charge in [0, 0.05) is 22.7 Å². The van der Waals surface area contributed by atoms with E-state index in [0.717, 1.165) is 23.2 Å². The van der Waals surface area contributed by atoms with E-state index in [9.17, 15) is 4.79 Å². The number of aromatic nitrogens is 1. The molecule has 0 aliphatic rings. The number of anilines is 2. The van der Waals surface area contributed by atoms with E-state index >= 15 is 0 Å². The van der Waals surface area contributed by atoms with Crippen molar-refractivity contribution in [3.63, 3.8) is 0 Å². The number of amides is 1. The number of thiazole rings is 1. The first kappa shape index (κ1) is 16.9. The number of hydrogen-bond acceptors (Lipinski definition) is 4. The first-order valence-corrected chi connectivity index (χ1v) is 8.91. The highest BCUT2D eigenvalue weighted by Gasteiger charge is 2.06. The van der Waals surface area contributed by atoms with Crippen LogP contribution in [0.1, 0.15) is 18.1 Å². The molecule has 0 radical (unpaired) electrons. The molecule has 0 fully saturated rings. The zero-order valence-corrected chi connectivity index (χ0v) is 14.7. The Balaban J connectivity index is 1.64. The SMILES string of the molecule is CCc1ccc(-c2csc(NC(=O)/C=C/c3ccc(N)cc3)n2)cc1. The van der Waals surface area contributed by atoms with Crippen LogP contribution in [0.5, 0.6) is 0 Å². The first-order chi connectivity index (χ1) is 12.1. The molecule has 2 aromatic carbocycles. The van der Waals surface area contributed by atoms with Gasteiger partial charge < -0.3 is 5.73 Å². The largest absolute Gasteiger partial charge is 0.399 e. The van der Waals surface area contributed by atoms with Gasteiger partial charge in [0.25, 0.3) is 0 Å². The molecule has 5 heteroatoms. The smallest absolute Gasteiger partial charge is 0.250 e. The number of nitrogens with two attached hydrogens (primary N) is 1. The molecule has 1 aromatic heterocycles. The van der Waals surface area contributed by atoms with E-state index in [1.165, 1.54) is 23.0 Å². The second-order valence-corrected chi connectivity index (χ2v) is 6.44. The van der Waals surface area contributed by atoms with Gasteiger partial charge in [-0.3, -0.25) is 10.1 Å². The normalized spacial score (nSPS) is 10.9. The molecule has 1 amide bonds. The van der Waals surface area contributed by atoms with Gasteiger partial charge in [0.05, 0.1) is 5.69 Å². The van der Waals surface area contributed by atoms with Crippen molar-refractivity contribution in [1.82, 2.24) is 4.98 Å².